The standard InChI is InChI=1S/C11H19N3S/c1-8(2)12-11-13-10(14-15-11)9-6-4-3-5-7-9/h8-9H,3-7H2,1-2H3,(H,12,13,14). The van der Waals surface area contributed by atoms with Gasteiger partial charge >= 0.3 is 0 Å². The highest BCUT2D eigenvalue weighted by atomic mass is 32.1. The Labute approximate surface area is 95.5 Å². The second-order valence-corrected chi connectivity index (χ2v) is 5.34. The van der Waals surface area contributed by atoms with Crippen LogP contribution in [0.3, 0.4) is 0 Å². The van der Waals surface area contributed by atoms with Crippen LogP contribution in [0.2, 0.25) is 0 Å². The van der Waals surface area contributed by atoms with E-state index >= 15 is 0 Å². The molecule has 0 saturated heterocycles. The lowest BCUT2D eigenvalue weighted by atomic mass is 9.89. The van der Waals surface area contributed by atoms with Crippen LogP contribution in [0, 0.1) is 0 Å². The van der Waals surface area contributed by atoms with Crippen LogP contribution in [-0.4, -0.2) is 15.4 Å². The fourth-order valence-electron chi connectivity index (χ4n) is 2.07. The first kappa shape index (κ1) is 10.9. The topological polar surface area (TPSA) is 37.8 Å². The summed E-state index contributed by atoms with van der Waals surface area (Å²) in [4.78, 5) is 4.57. The lowest BCUT2D eigenvalue weighted by molar-refractivity contribution is 0.431. The van der Waals surface area contributed by atoms with E-state index in [1.54, 1.807) is 0 Å². The summed E-state index contributed by atoms with van der Waals surface area (Å²) in [5, 5.41) is 4.29. The number of hydrogen-bond acceptors (Lipinski definition) is 4. The number of rotatable bonds is 3. The predicted octanol–water partition coefficient (Wildman–Crippen LogP) is 3.41. The van der Waals surface area contributed by atoms with Gasteiger partial charge in [0.05, 0.1) is 0 Å². The van der Waals surface area contributed by atoms with Crippen LogP contribution in [0.5, 0.6) is 0 Å². The van der Waals surface area contributed by atoms with E-state index in [1.165, 1.54) is 43.6 Å². The Bertz CT molecular complexity index is 303. The molecule has 0 aliphatic heterocycles. The third kappa shape index (κ3) is 2.91. The number of nitrogens with one attached hydrogen (secondary N) is 1. The summed E-state index contributed by atoms with van der Waals surface area (Å²) in [6, 6.07) is 0.442. The summed E-state index contributed by atoms with van der Waals surface area (Å²) in [5.41, 5.74) is 0. The Balaban J connectivity index is 1.99. The van der Waals surface area contributed by atoms with Gasteiger partial charge in [-0.25, -0.2) is 4.98 Å². The molecule has 84 valence electrons. The molecule has 1 aliphatic carbocycles. The molecule has 0 atom stereocenters. The molecule has 0 aromatic carbocycles. The number of hydrogen-bond donors (Lipinski definition) is 1. The number of nitrogens with zero attached hydrogens (tertiary/aromatic N) is 2. The largest absolute Gasteiger partial charge is 0.358 e. The Kier molecular flexibility index (Phi) is 3.57. The second-order valence-electron chi connectivity index (χ2n) is 4.59. The smallest absolute Gasteiger partial charge is 0.202 e. The first-order valence-corrected chi connectivity index (χ1v) is 6.63. The predicted molar refractivity (Wildman–Crippen MR) is 64.5 cm³/mol. The average Bonchev–Trinajstić information content (AvgIpc) is 2.67. The van der Waals surface area contributed by atoms with Gasteiger partial charge in [-0.3, -0.25) is 0 Å². The highest BCUT2D eigenvalue weighted by Gasteiger charge is 2.19. The molecule has 0 bridgehead atoms. The van der Waals surface area contributed by atoms with Crippen LogP contribution in [0.25, 0.3) is 0 Å². The van der Waals surface area contributed by atoms with Crippen molar-refractivity contribution in [1.29, 1.82) is 0 Å². The highest BCUT2D eigenvalue weighted by molar-refractivity contribution is 7.09. The van der Waals surface area contributed by atoms with Crippen molar-refractivity contribution in [2.24, 2.45) is 0 Å². The minimum atomic E-state index is 0.442. The van der Waals surface area contributed by atoms with Crippen LogP contribution < -0.4 is 5.32 Å². The van der Waals surface area contributed by atoms with Gasteiger partial charge in [0.1, 0.15) is 5.82 Å². The van der Waals surface area contributed by atoms with Gasteiger partial charge < -0.3 is 5.32 Å². The number of anilines is 1. The molecular formula is C11H19N3S. The van der Waals surface area contributed by atoms with Crippen LogP contribution in [0.1, 0.15) is 57.7 Å². The Morgan fingerprint density at radius 1 is 1.27 bits per heavy atom. The quantitative estimate of drug-likeness (QED) is 0.856. The Morgan fingerprint density at radius 2 is 2.00 bits per heavy atom. The first-order valence-electron chi connectivity index (χ1n) is 5.86. The van der Waals surface area contributed by atoms with Gasteiger partial charge in [0.25, 0.3) is 0 Å². The molecular weight excluding hydrogens is 206 g/mol. The maximum absolute atomic E-state index is 4.57. The van der Waals surface area contributed by atoms with Gasteiger partial charge in [0.2, 0.25) is 5.13 Å². The molecule has 3 nitrogen and oxygen atoms in total. The Morgan fingerprint density at radius 3 is 2.67 bits per heavy atom. The van der Waals surface area contributed by atoms with E-state index < -0.39 is 0 Å². The Hall–Kier alpha value is -0.640. The summed E-state index contributed by atoms with van der Waals surface area (Å²) in [6.07, 6.45) is 6.63. The zero-order valence-electron chi connectivity index (χ0n) is 9.49. The zero-order valence-corrected chi connectivity index (χ0v) is 10.3. The van der Waals surface area contributed by atoms with E-state index in [2.05, 4.69) is 28.5 Å². The van der Waals surface area contributed by atoms with Crippen LogP contribution >= 0.6 is 11.5 Å². The molecule has 4 heteroatoms. The molecule has 1 heterocycles. The maximum Gasteiger partial charge on any atom is 0.202 e. The summed E-state index contributed by atoms with van der Waals surface area (Å²) in [6.45, 7) is 4.25. The average molecular weight is 225 g/mol. The van der Waals surface area contributed by atoms with Gasteiger partial charge in [-0.1, -0.05) is 19.3 Å². The molecule has 15 heavy (non-hydrogen) atoms. The van der Waals surface area contributed by atoms with Crippen molar-refractivity contribution >= 4 is 16.7 Å². The van der Waals surface area contributed by atoms with E-state index in [9.17, 15) is 0 Å². The monoisotopic (exact) mass is 225 g/mol. The molecule has 2 rings (SSSR count). The third-order valence-electron chi connectivity index (χ3n) is 2.82. The van der Waals surface area contributed by atoms with Crippen molar-refractivity contribution in [3.8, 4) is 0 Å². The minimum Gasteiger partial charge on any atom is -0.358 e. The highest BCUT2D eigenvalue weighted by Crippen LogP contribution is 2.32. The molecule has 1 aromatic rings. The fourth-order valence-corrected chi connectivity index (χ4v) is 2.86. The van der Waals surface area contributed by atoms with E-state index in [-0.39, 0.29) is 0 Å². The summed E-state index contributed by atoms with van der Waals surface area (Å²) in [5.74, 6) is 1.69. The van der Waals surface area contributed by atoms with E-state index in [4.69, 9.17) is 0 Å². The summed E-state index contributed by atoms with van der Waals surface area (Å²) >= 11 is 1.50. The molecule has 1 N–H and O–H groups in total. The maximum atomic E-state index is 4.57. The van der Waals surface area contributed by atoms with Gasteiger partial charge in [-0.15, -0.1) is 0 Å². The minimum absolute atomic E-state index is 0.442. The zero-order chi connectivity index (χ0) is 10.7. The number of aromatic nitrogens is 2. The van der Waals surface area contributed by atoms with Gasteiger partial charge in [-0.05, 0) is 26.7 Å². The first-order chi connectivity index (χ1) is 7.25. The van der Waals surface area contributed by atoms with E-state index in [0.717, 1.165) is 11.0 Å². The van der Waals surface area contributed by atoms with Gasteiger partial charge in [0, 0.05) is 23.5 Å². The van der Waals surface area contributed by atoms with Crippen LogP contribution in [0.4, 0.5) is 5.13 Å². The van der Waals surface area contributed by atoms with Crippen molar-refractivity contribution < 1.29 is 0 Å². The van der Waals surface area contributed by atoms with Gasteiger partial charge in [-0.2, -0.15) is 4.37 Å². The molecule has 0 unspecified atom stereocenters. The van der Waals surface area contributed by atoms with Crippen LogP contribution in [-0.2, 0) is 0 Å². The van der Waals surface area contributed by atoms with Crippen molar-refractivity contribution in [1.82, 2.24) is 9.36 Å². The van der Waals surface area contributed by atoms with Crippen LogP contribution in [0.15, 0.2) is 0 Å². The molecule has 0 amide bonds. The van der Waals surface area contributed by atoms with Crippen molar-refractivity contribution in [3.05, 3.63) is 5.82 Å². The van der Waals surface area contributed by atoms with Gasteiger partial charge in [0.15, 0.2) is 0 Å². The van der Waals surface area contributed by atoms with E-state index in [0.29, 0.717) is 12.0 Å². The third-order valence-corrected chi connectivity index (χ3v) is 3.48. The van der Waals surface area contributed by atoms with E-state index in [1.807, 2.05) is 0 Å². The fraction of sp³-hybridized carbons (Fsp3) is 0.818. The molecule has 0 spiro atoms. The molecule has 1 saturated carbocycles. The van der Waals surface area contributed by atoms with Crippen molar-refractivity contribution in [2.45, 2.75) is 57.9 Å². The SMILES string of the molecule is CC(C)Nc1nc(C2CCCCC2)ns1. The molecule has 0 radical (unpaired) electrons. The molecule has 1 fully saturated rings. The molecule has 1 aliphatic rings. The lowest BCUT2D eigenvalue weighted by Crippen LogP contribution is -2.10. The lowest BCUT2D eigenvalue weighted by Gasteiger charge is -2.18. The normalized spacial score (nSPS) is 18.3. The second kappa shape index (κ2) is 4.92. The summed E-state index contributed by atoms with van der Waals surface area (Å²) in [7, 11) is 0. The van der Waals surface area contributed by atoms with Crippen molar-refractivity contribution in [2.75, 3.05) is 5.32 Å². The summed E-state index contributed by atoms with van der Waals surface area (Å²) < 4.78 is 4.46. The molecule has 1 aromatic heterocycles. The van der Waals surface area contributed by atoms with Crippen molar-refractivity contribution in [3.63, 3.8) is 0 Å².